The number of benzene rings is 1. The van der Waals surface area contributed by atoms with E-state index in [9.17, 15) is 18.0 Å². The van der Waals surface area contributed by atoms with Gasteiger partial charge in [0.05, 0.1) is 31.1 Å². The standard InChI is InChI=1S/C27H38N4O7S/c1-18(38-39(34)35)27(13-20(14-27)36-16-19-9-7-6-8-10-19)17-30(5)24(32)23-21-15-31(12-11-22(21)28-29-23)25(33)37-26(2,3)4/h6-10,18,20,39H,11-17H2,1-5H3,(H,28,29). The van der Waals surface area contributed by atoms with Crippen molar-refractivity contribution in [3.8, 4) is 0 Å². The van der Waals surface area contributed by atoms with Crippen LogP contribution in [0.5, 0.6) is 0 Å². The Hall–Kier alpha value is -2.96. The number of H-pyrrole nitrogens is 1. The minimum Gasteiger partial charge on any atom is -0.444 e. The van der Waals surface area contributed by atoms with Crippen LogP contribution in [0.3, 0.4) is 0 Å². The van der Waals surface area contributed by atoms with Gasteiger partial charge in [-0.15, -0.1) is 0 Å². The quantitative estimate of drug-likeness (QED) is 0.446. The third kappa shape index (κ3) is 6.98. The number of nitrogens with one attached hydrogen (secondary N) is 1. The molecule has 0 bridgehead atoms. The van der Waals surface area contributed by atoms with Gasteiger partial charge in [-0.1, -0.05) is 30.3 Å². The highest BCUT2D eigenvalue weighted by atomic mass is 32.2. The summed E-state index contributed by atoms with van der Waals surface area (Å²) < 4.78 is 39.5. The fraction of sp³-hybridized carbons (Fsp3) is 0.593. The molecular weight excluding hydrogens is 524 g/mol. The Morgan fingerprint density at radius 1 is 1.23 bits per heavy atom. The van der Waals surface area contributed by atoms with Gasteiger partial charge in [-0.2, -0.15) is 5.10 Å². The van der Waals surface area contributed by atoms with Crippen LogP contribution in [-0.4, -0.2) is 78.4 Å². The second-order valence-corrected chi connectivity index (χ2v) is 12.2. The third-order valence-corrected chi connectivity index (χ3v) is 7.88. The van der Waals surface area contributed by atoms with Crippen molar-refractivity contribution in [2.45, 2.75) is 77.9 Å². The summed E-state index contributed by atoms with van der Waals surface area (Å²) in [7, 11) is -1.37. The van der Waals surface area contributed by atoms with Gasteiger partial charge in [-0.05, 0) is 46.1 Å². The van der Waals surface area contributed by atoms with Crippen LogP contribution >= 0.6 is 0 Å². The van der Waals surface area contributed by atoms with Crippen LogP contribution < -0.4 is 0 Å². The van der Waals surface area contributed by atoms with E-state index in [2.05, 4.69) is 10.2 Å². The minimum absolute atomic E-state index is 0.0772. The van der Waals surface area contributed by atoms with Crippen LogP contribution in [0.2, 0.25) is 0 Å². The van der Waals surface area contributed by atoms with Gasteiger partial charge in [0.2, 0.25) is 0 Å². The molecule has 1 saturated carbocycles. The van der Waals surface area contributed by atoms with E-state index in [1.54, 1.807) is 23.8 Å². The highest BCUT2D eigenvalue weighted by Crippen LogP contribution is 2.48. The summed E-state index contributed by atoms with van der Waals surface area (Å²) in [4.78, 5) is 29.3. The SMILES string of the molecule is CC(O[SH](=O)=O)C1(CN(C)C(=O)c2[nH]nc3c2CN(C(=O)OC(C)(C)C)CC3)CC(OCc2ccccc2)C1. The predicted octanol–water partition coefficient (Wildman–Crippen LogP) is 3.07. The van der Waals surface area contributed by atoms with Gasteiger partial charge >= 0.3 is 6.09 Å². The van der Waals surface area contributed by atoms with Gasteiger partial charge in [0.15, 0.2) is 0 Å². The number of rotatable bonds is 9. The van der Waals surface area contributed by atoms with Crippen molar-refractivity contribution in [3.05, 3.63) is 52.8 Å². The fourth-order valence-corrected chi connectivity index (χ4v) is 5.75. The number of hydrogen-bond acceptors (Lipinski definition) is 8. The summed E-state index contributed by atoms with van der Waals surface area (Å²) in [5, 5.41) is 7.19. The average molecular weight is 563 g/mol. The Morgan fingerprint density at radius 2 is 1.92 bits per heavy atom. The number of ether oxygens (including phenoxy) is 2. The summed E-state index contributed by atoms with van der Waals surface area (Å²) in [6.45, 7) is 8.53. The molecule has 1 aliphatic carbocycles. The predicted molar refractivity (Wildman–Crippen MR) is 143 cm³/mol. The second-order valence-electron chi connectivity index (χ2n) is 11.5. The summed E-state index contributed by atoms with van der Waals surface area (Å²) in [5.74, 6) is -0.290. The van der Waals surface area contributed by atoms with E-state index in [0.29, 0.717) is 43.7 Å². The monoisotopic (exact) mass is 562 g/mol. The lowest BCUT2D eigenvalue weighted by molar-refractivity contribution is -0.132. The van der Waals surface area contributed by atoms with Gasteiger partial charge in [-0.25, -0.2) is 13.2 Å². The molecule has 12 heteroatoms. The van der Waals surface area contributed by atoms with E-state index in [1.165, 1.54) is 0 Å². The topological polar surface area (TPSA) is 131 Å². The maximum absolute atomic E-state index is 13.6. The number of amides is 2. The van der Waals surface area contributed by atoms with E-state index < -0.39 is 34.2 Å². The molecule has 1 fully saturated rings. The van der Waals surface area contributed by atoms with Crippen molar-refractivity contribution in [1.82, 2.24) is 20.0 Å². The zero-order valence-corrected chi connectivity index (χ0v) is 24.0. The highest BCUT2D eigenvalue weighted by molar-refractivity contribution is 7.67. The summed E-state index contributed by atoms with van der Waals surface area (Å²) in [6, 6.07) is 9.82. The van der Waals surface area contributed by atoms with E-state index in [1.807, 2.05) is 51.1 Å². The average Bonchev–Trinajstić information content (AvgIpc) is 3.27. The number of aromatic nitrogens is 2. The van der Waals surface area contributed by atoms with Crippen LogP contribution in [0.25, 0.3) is 0 Å². The molecule has 2 aromatic rings. The smallest absolute Gasteiger partial charge is 0.410 e. The molecule has 1 aliphatic heterocycles. The number of nitrogens with zero attached hydrogens (tertiary/aromatic N) is 3. The van der Waals surface area contributed by atoms with Crippen LogP contribution in [0.4, 0.5) is 4.79 Å². The van der Waals surface area contributed by atoms with Crippen molar-refractivity contribution in [1.29, 1.82) is 0 Å². The molecule has 1 N–H and O–H groups in total. The molecule has 0 spiro atoms. The zero-order chi connectivity index (χ0) is 28.4. The highest BCUT2D eigenvalue weighted by Gasteiger charge is 2.51. The molecular formula is C27H38N4O7S. The van der Waals surface area contributed by atoms with Crippen LogP contribution in [0.1, 0.15) is 67.8 Å². The van der Waals surface area contributed by atoms with E-state index >= 15 is 0 Å². The number of fused-ring (bicyclic) bond motifs is 1. The molecule has 1 aromatic carbocycles. The molecule has 2 aliphatic rings. The van der Waals surface area contributed by atoms with Crippen molar-refractivity contribution < 1.29 is 31.7 Å². The first-order valence-corrected chi connectivity index (χ1v) is 14.2. The van der Waals surface area contributed by atoms with Gasteiger partial charge in [0.1, 0.15) is 11.3 Å². The molecule has 1 atom stereocenters. The summed E-state index contributed by atoms with van der Waals surface area (Å²) in [5.41, 5.74) is 1.57. The first-order chi connectivity index (χ1) is 18.4. The molecule has 1 unspecified atom stereocenters. The maximum Gasteiger partial charge on any atom is 0.410 e. The Kier molecular flexibility index (Phi) is 8.67. The lowest BCUT2D eigenvalue weighted by atomic mass is 9.63. The Morgan fingerprint density at radius 3 is 2.56 bits per heavy atom. The number of hydrogen-bond donors (Lipinski definition) is 2. The number of carbonyl (C=O) groups excluding carboxylic acids is 2. The summed E-state index contributed by atoms with van der Waals surface area (Å²) >= 11 is 0. The molecule has 39 heavy (non-hydrogen) atoms. The Labute approximate surface area is 230 Å². The normalized spacial score (nSPS) is 21.7. The van der Waals surface area contributed by atoms with Gasteiger partial charge < -0.3 is 19.3 Å². The van der Waals surface area contributed by atoms with Crippen LogP contribution in [0.15, 0.2) is 30.3 Å². The third-order valence-electron chi connectivity index (χ3n) is 7.39. The zero-order valence-electron chi connectivity index (χ0n) is 23.1. The van der Waals surface area contributed by atoms with E-state index in [0.717, 1.165) is 11.3 Å². The van der Waals surface area contributed by atoms with Crippen molar-refractivity contribution in [2.75, 3.05) is 20.1 Å². The molecule has 4 rings (SSSR count). The summed E-state index contributed by atoms with van der Waals surface area (Å²) in [6.07, 6.45) is 0.461. The van der Waals surface area contributed by atoms with Crippen LogP contribution in [-0.2, 0) is 44.2 Å². The fourth-order valence-electron chi connectivity index (χ4n) is 5.27. The maximum atomic E-state index is 13.6. The van der Waals surface area contributed by atoms with Gasteiger partial charge in [0, 0.05) is 37.5 Å². The molecule has 1 aromatic heterocycles. The lowest BCUT2D eigenvalue weighted by Gasteiger charge is -2.51. The van der Waals surface area contributed by atoms with Crippen molar-refractivity contribution >= 4 is 23.0 Å². The van der Waals surface area contributed by atoms with Gasteiger partial charge in [0.25, 0.3) is 16.9 Å². The van der Waals surface area contributed by atoms with E-state index in [4.69, 9.17) is 13.7 Å². The van der Waals surface area contributed by atoms with Crippen LogP contribution in [0, 0.1) is 5.41 Å². The first-order valence-electron chi connectivity index (χ1n) is 13.1. The molecule has 0 saturated heterocycles. The number of carbonyl (C=O) groups is 2. The van der Waals surface area contributed by atoms with Crippen molar-refractivity contribution in [3.63, 3.8) is 0 Å². The molecule has 214 valence electrons. The van der Waals surface area contributed by atoms with Crippen molar-refractivity contribution in [2.24, 2.45) is 5.41 Å². The second kappa shape index (κ2) is 11.6. The number of thiol groups is 1. The lowest BCUT2D eigenvalue weighted by Crippen LogP contribution is -2.56. The first kappa shape index (κ1) is 29.0. The van der Waals surface area contributed by atoms with E-state index in [-0.39, 0.29) is 25.1 Å². The molecule has 2 heterocycles. The Balaban J connectivity index is 1.44. The molecule has 2 amide bonds. The number of aromatic amines is 1. The molecule has 0 radical (unpaired) electrons. The van der Waals surface area contributed by atoms with Gasteiger partial charge in [-0.3, -0.25) is 14.1 Å². The largest absolute Gasteiger partial charge is 0.444 e. The molecule has 11 nitrogen and oxygen atoms in total. The Bertz CT molecular complexity index is 1240. The minimum atomic E-state index is -3.05.